The van der Waals surface area contributed by atoms with E-state index in [1.54, 1.807) is 0 Å². The molecular weight excluding hydrogens is 205 g/mol. The number of nitrogens with one attached hydrogen (secondary N) is 1. The second-order valence-electron chi connectivity index (χ2n) is 3.03. The molecule has 14 heavy (non-hydrogen) atoms. The van der Waals surface area contributed by atoms with E-state index in [1.807, 2.05) is 6.08 Å². The van der Waals surface area contributed by atoms with Crippen molar-refractivity contribution in [1.82, 2.24) is 15.3 Å². The lowest BCUT2D eigenvalue weighted by Crippen LogP contribution is -2.22. The second-order valence-corrected chi connectivity index (χ2v) is 3.37. The maximum Gasteiger partial charge on any atom is 0.223 e. The summed E-state index contributed by atoms with van der Waals surface area (Å²) >= 11 is 5.60. The van der Waals surface area contributed by atoms with Crippen molar-refractivity contribution >= 4 is 17.2 Å². The standard InChI is InChI=1S/C9H9ClFN3/c10-9-13-5-7(11)8(14-9)6-2-1-3-12-4-6/h2,5,12H,1,3-4H2. The first-order chi connectivity index (χ1) is 6.77. The molecule has 0 amide bonds. The van der Waals surface area contributed by atoms with Gasteiger partial charge in [0.25, 0.3) is 0 Å². The van der Waals surface area contributed by atoms with Crippen LogP contribution in [-0.2, 0) is 0 Å². The average molecular weight is 214 g/mol. The molecule has 1 aliphatic rings. The molecule has 1 aromatic rings. The highest BCUT2D eigenvalue weighted by atomic mass is 35.5. The lowest BCUT2D eigenvalue weighted by molar-refractivity contribution is 0.605. The van der Waals surface area contributed by atoms with E-state index in [-0.39, 0.29) is 5.28 Å². The SMILES string of the molecule is Fc1cnc(Cl)nc1C1=CCCNC1. The maximum absolute atomic E-state index is 13.3. The number of aromatic nitrogens is 2. The third-order valence-electron chi connectivity index (χ3n) is 2.05. The van der Waals surface area contributed by atoms with Gasteiger partial charge in [-0.15, -0.1) is 0 Å². The summed E-state index contributed by atoms with van der Waals surface area (Å²) in [7, 11) is 0. The van der Waals surface area contributed by atoms with Crippen LogP contribution in [0.4, 0.5) is 4.39 Å². The third kappa shape index (κ3) is 1.91. The first kappa shape index (κ1) is 9.55. The number of halogens is 2. The molecule has 0 spiro atoms. The molecule has 2 heterocycles. The van der Waals surface area contributed by atoms with E-state index in [2.05, 4.69) is 15.3 Å². The van der Waals surface area contributed by atoms with Crippen molar-refractivity contribution in [1.29, 1.82) is 0 Å². The highest BCUT2D eigenvalue weighted by Crippen LogP contribution is 2.18. The Labute approximate surface area is 86.0 Å². The molecule has 1 aromatic heterocycles. The lowest BCUT2D eigenvalue weighted by Gasteiger charge is -2.13. The largest absolute Gasteiger partial charge is 0.312 e. The van der Waals surface area contributed by atoms with Gasteiger partial charge in [0.1, 0.15) is 5.69 Å². The molecule has 0 aliphatic carbocycles. The van der Waals surface area contributed by atoms with Crippen LogP contribution in [0.1, 0.15) is 12.1 Å². The Morgan fingerprint density at radius 3 is 3.07 bits per heavy atom. The van der Waals surface area contributed by atoms with Crippen LogP contribution < -0.4 is 5.32 Å². The summed E-state index contributed by atoms with van der Waals surface area (Å²) in [5.41, 5.74) is 1.15. The Balaban J connectivity index is 2.39. The number of hydrogen-bond acceptors (Lipinski definition) is 3. The van der Waals surface area contributed by atoms with E-state index in [0.717, 1.165) is 24.7 Å². The second kappa shape index (κ2) is 4.02. The van der Waals surface area contributed by atoms with Gasteiger partial charge in [0.2, 0.25) is 5.28 Å². The van der Waals surface area contributed by atoms with Crippen molar-refractivity contribution in [3.05, 3.63) is 29.1 Å². The molecule has 1 N–H and O–H groups in total. The number of rotatable bonds is 1. The molecule has 0 aromatic carbocycles. The molecule has 0 saturated heterocycles. The van der Waals surface area contributed by atoms with Crippen LogP contribution in [0.25, 0.3) is 5.57 Å². The van der Waals surface area contributed by atoms with Crippen molar-refractivity contribution in [3.63, 3.8) is 0 Å². The van der Waals surface area contributed by atoms with Crippen LogP contribution in [0.5, 0.6) is 0 Å². The zero-order valence-electron chi connectivity index (χ0n) is 7.43. The van der Waals surface area contributed by atoms with E-state index < -0.39 is 5.82 Å². The van der Waals surface area contributed by atoms with E-state index in [1.165, 1.54) is 0 Å². The maximum atomic E-state index is 13.3. The van der Waals surface area contributed by atoms with Crippen LogP contribution in [-0.4, -0.2) is 23.1 Å². The van der Waals surface area contributed by atoms with Gasteiger partial charge in [-0.05, 0) is 30.1 Å². The summed E-state index contributed by atoms with van der Waals surface area (Å²) in [6, 6.07) is 0. The number of nitrogens with zero attached hydrogens (tertiary/aromatic N) is 2. The van der Waals surface area contributed by atoms with E-state index >= 15 is 0 Å². The van der Waals surface area contributed by atoms with Crippen LogP contribution >= 0.6 is 11.6 Å². The van der Waals surface area contributed by atoms with Gasteiger partial charge in [-0.1, -0.05) is 6.08 Å². The van der Waals surface area contributed by atoms with Gasteiger partial charge in [0, 0.05) is 6.54 Å². The van der Waals surface area contributed by atoms with Crippen molar-refractivity contribution in [3.8, 4) is 0 Å². The zero-order valence-corrected chi connectivity index (χ0v) is 8.18. The molecule has 0 bridgehead atoms. The van der Waals surface area contributed by atoms with Gasteiger partial charge in [-0.25, -0.2) is 14.4 Å². The van der Waals surface area contributed by atoms with Gasteiger partial charge in [-0.2, -0.15) is 0 Å². The Morgan fingerprint density at radius 2 is 2.36 bits per heavy atom. The van der Waals surface area contributed by atoms with Crippen LogP contribution in [0.2, 0.25) is 5.28 Å². The Bertz CT molecular complexity index is 378. The smallest absolute Gasteiger partial charge is 0.223 e. The average Bonchev–Trinajstić information content (AvgIpc) is 2.23. The monoisotopic (exact) mass is 213 g/mol. The normalized spacial score (nSPS) is 16.6. The fourth-order valence-electron chi connectivity index (χ4n) is 1.39. The van der Waals surface area contributed by atoms with Crippen LogP contribution in [0, 0.1) is 5.82 Å². The summed E-state index contributed by atoms with van der Waals surface area (Å²) in [6.45, 7) is 1.55. The molecular formula is C9H9ClFN3. The summed E-state index contributed by atoms with van der Waals surface area (Å²) < 4.78 is 13.3. The molecule has 2 rings (SSSR count). The molecule has 0 saturated carbocycles. The molecule has 3 nitrogen and oxygen atoms in total. The fourth-order valence-corrected chi connectivity index (χ4v) is 1.53. The highest BCUT2D eigenvalue weighted by molar-refractivity contribution is 6.28. The van der Waals surface area contributed by atoms with E-state index in [9.17, 15) is 4.39 Å². The Hall–Kier alpha value is -1.00. The molecule has 1 aliphatic heterocycles. The minimum Gasteiger partial charge on any atom is -0.312 e. The summed E-state index contributed by atoms with van der Waals surface area (Å²) in [6.07, 6.45) is 3.95. The van der Waals surface area contributed by atoms with Gasteiger partial charge >= 0.3 is 0 Å². The number of hydrogen-bond donors (Lipinski definition) is 1. The minimum absolute atomic E-state index is 0.0767. The molecule has 0 radical (unpaired) electrons. The molecule has 0 fully saturated rings. The predicted molar refractivity (Wildman–Crippen MR) is 52.5 cm³/mol. The first-order valence-electron chi connectivity index (χ1n) is 4.35. The molecule has 0 unspecified atom stereocenters. The van der Waals surface area contributed by atoms with Crippen LogP contribution in [0.15, 0.2) is 12.3 Å². The van der Waals surface area contributed by atoms with Crippen LogP contribution in [0.3, 0.4) is 0 Å². The third-order valence-corrected chi connectivity index (χ3v) is 2.23. The fraction of sp³-hybridized carbons (Fsp3) is 0.333. The Kier molecular flexibility index (Phi) is 2.74. The zero-order chi connectivity index (χ0) is 9.97. The van der Waals surface area contributed by atoms with Gasteiger partial charge in [0.15, 0.2) is 5.82 Å². The van der Waals surface area contributed by atoms with Crippen molar-refractivity contribution in [2.24, 2.45) is 0 Å². The van der Waals surface area contributed by atoms with Gasteiger partial charge < -0.3 is 5.32 Å². The van der Waals surface area contributed by atoms with Gasteiger partial charge in [-0.3, -0.25) is 0 Å². The summed E-state index contributed by atoms with van der Waals surface area (Å²) in [4.78, 5) is 7.43. The lowest BCUT2D eigenvalue weighted by atomic mass is 10.1. The minimum atomic E-state index is -0.427. The molecule has 74 valence electrons. The molecule has 5 heteroatoms. The quantitative estimate of drug-likeness (QED) is 0.721. The first-order valence-corrected chi connectivity index (χ1v) is 4.73. The summed E-state index contributed by atoms with van der Waals surface area (Å²) in [5, 5.41) is 3.22. The molecule has 0 atom stereocenters. The topological polar surface area (TPSA) is 37.8 Å². The van der Waals surface area contributed by atoms with E-state index in [0.29, 0.717) is 12.2 Å². The predicted octanol–water partition coefficient (Wildman–Crippen LogP) is 1.65. The van der Waals surface area contributed by atoms with Crippen molar-refractivity contribution < 1.29 is 4.39 Å². The van der Waals surface area contributed by atoms with Gasteiger partial charge in [0.05, 0.1) is 6.20 Å². The van der Waals surface area contributed by atoms with Crippen molar-refractivity contribution in [2.75, 3.05) is 13.1 Å². The van der Waals surface area contributed by atoms with Crippen molar-refractivity contribution in [2.45, 2.75) is 6.42 Å². The highest BCUT2D eigenvalue weighted by Gasteiger charge is 2.12. The Morgan fingerprint density at radius 1 is 1.50 bits per heavy atom. The van der Waals surface area contributed by atoms with E-state index in [4.69, 9.17) is 11.6 Å². The summed E-state index contributed by atoms with van der Waals surface area (Å²) in [5.74, 6) is -0.427.